The maximum absolute atomic E-state index is 4.63. The molecule has 2 aromatic carbocycles. The van der Waals surface area contributed by atoms with Gasteiger partial charge in [-0.25, -0.2) is 0 Å². The lowest BCUT2D eigenvalue weighted by atomic mass is 9.69. The van der Waals surface area contributed by atoms with Gasteiger partial charge < -0.3 is 0 Å². The highest BCUT2D eigenvalue weighted by Crippen LogP contribution is 2.55. The predicted molar refractivity (Wildman–Crippen MR) is 135 cm³/mol. The van der Waals surface area contributed by atoms with Gasteiger partial charge in [0, 0.05) is 11.8 Å². The van der Waals surface area contributed by atoms with Crippen molar-refractivity contribution in [3.63, 3.8) is 0 Å². The Morgan fingerprint density at radius 1 is 1.00 bits per heavy atom. The van der Waals surface area contributed by atoms with Crippen LogP contribution in [-0.4, -0.2) is 0 Å². The molecule has 0 heterocycles. The van der Waals surface area contributed by atoms with Crippen LogP contribution in [0.2, 0.25) is 0 Å². The SMILES string of the molecule is C=C(CCC)C1=C(C)C=C2C/C(=C/c3ccccc3)C(=C)C2C1c1ccc(CC)cc1. The highest BCUT2D eigenvalue weighted by Gasteiger charge is 2.40. The van der Waals surface area contributed by atoms with Gasteiger partial charge in [0.15, 0.2) is 0 Å². The van der Waals surface area contributed by atoms with E-state index in [1.165, 1.54) is 50.1 Å². The van der Waals surface area contributed by atoms with Crippen molar-refractivity contribution < 1.29 is 0 Å². The fourth-order valence-corrected chi connectivity index (χ4v) is 5.34. The summed E-state index contributed by atoms with van der Waals surface area (Å²) in [5.74, 6) is 0.633. The molecule has 0 nitrogen and oxygen atoms in total. The van der Waals surface area contributed by atoms with Crippen LogP contribution < -0.4 is 0 Å². The van der Waals surface area contributed by atoms with Crippen molar-refractivity contribution in [1.29, 1.82) is 0 Å². The highest BCUT2D eigenvalue weighted by molar-refractivity contribution is 5.67. The second kappa shape index (κ2) is 9.10. The Kier molecular flexibility index (Phi) is 6.28. The summed E-state index contributed by atoms with van der Waals surface area (Å²) < 4.78 is 0. The smallest absolute Gasteiger partial charge is 0.0201 e. The average molecular weight is 407 g/mol. The van der Waals surface area contributed by atoms with Gasteiger partial charge in [-0.05, 0) is 65.2 Å². The maximum atomic E-state index is 4.63. The molecule has 158 valence electrons. The second-order valence-electron chi connectivity index (χ2n) is 9.00. The lowest BCUT2D eigenvalue weighted by molar-refractivity contribution is 0.619. The monoisotopic (exact) mass is 406 g/mol. The topological polar surface area (TPSA) is 0 Å². The van der Waals surface area contributed by atoms with E-state index in [4.69, 9.17) is 0 Å². The first-order valence-corrected chi connectivity index (χ1v) is 11.7. The van der Waals surface area contributed by atoms with Gasteiger partial charge in [0.1, 0.15) is 0 Å². The van der Waals surface area contributed by atoms with Gasteiger partial charge in [-0.15, -0.1) is 0 Å². The summed E-state index contributed by atoms with van der Waals surface area (Å²) in [5.41, 5.74) is 12.3. The highest BCUT2D eigenvalue weighted by atomic mass is 14.4. The van der Waals surface area contributed by atoms with Crippen LogP contribution in [-0.2, 0) is 6.42 Å². The van der Waals surface area contributed by atoms with Crippen LogP contribution >= 0.6 is 0 Å². The molecular formula is C31H34. The molecule has 2 aromatic rings. The molecule has 0 aromatic heterocycles. The third-order valence-corrected chi connectivity index (χ3v) is 6.87. The Labute approximate surface area is 188 Å². The fraction of sp³-hybridized carbons (Fsp3) is 0.290. The summed E-state index contributed by atoms with van der Waals surface area (Å²) in [6.45, 7) is 15.9. The number of aryl methyl sites for hydroxylation is 1. The van der Waals surface area contributed by atoms with Crippen LogP contribution in [0.15, 0.2) is 107 Å². The Hall–Kier alpha value is -2.86. The largest absolute Gasteiger partial charge is 0.0955 e. The van der Waals surface area contributed by atoms with Gasteiger partial charge in [-0.1, -0.05) is 111 Å². The molecule has 31 heavy (non-hydrogen) atoms. The molecule has 2 aliphatic carbocycles. The van der Waals surface area contributed by atoms with E-state index in [-0.39, 0.29) is 0 Å². The minimum absolute atomic E-state index is 0.305. The summed E-state index contributed by atoms with van der Waals surface area (Å²) in [6.07, 6.45) is 8.99. The van der Waals surface area contributed by atoms with E-state index >= 15 is 0 Å². The molecule has 4 rings (SSSR count). The summed E-state index contributed by atoms with van der Waals surface area (Å²) in [7, 11) is 0. The first-order chi connectivity index (χ1) is 15.0. The lowest BCUT2D eigenvalue weighted by Crippen LogP contribution is -2.21. The van der Waals surface area contributed by atoms with Crippen LogP contribution in [0, 0.1) is 5.92 Å². The molecule has 1 fully saturated rings. The molecule has 2 aliphatic rings. The van der Waals surface area contributed by atoms with Crippen LogP contribution in [0.4, 0.5) is 0 Å². The van der Waals surface area contributed by atoms with Crippen molar-refractivity contribution in [2.24, 2.45) is 5.92 Å². The first-order valence-electron chi connectivity index (χ1n) is 11.7. The zero-order valence-corrected chi connectivity index (χ0v) is 19.2. The van der Waals surface area contributed by atoms with Crippen molar-refractivity contribution in [3.05, 3.63) is 124 Å². The number of fused-ring (bicyclic) bond motifs is 1. The van der Waals surface area contributed by atoms with Crippen molar-refractivity contribution in [3.8, 4) is 0 Å². The van der Waals surface area contributed by atoms with Crippen molar-refractivity contribution in [2.45, 2.75) is 52.4 Å². The lowest BCUT2D eigenvalue weighted by Gasteiger charge is -2.34. The van der Waals surface area contributed by atoms with Gasteiger partial charge in [0.25, 0.3) is 0 Å². The second-order valence-corrected chi connectivity index (χ2v) is 9.00. The van der Waals surface area contributed by atoms with Gasteiger partial charge in [-0.2, -0.15) is 0 Å². The van der Waals surface area contributed by atoms with Crippen molar-refractivity contribution in [1.82, 2.24) is 0 Å². The van der Waals surface area contributed by atoms with E-state index in [9.17, 15) is 0 Å². The van der Waals surface area contributed by atoms with Gasteiger partial charge in [0.2, 0.25) is 0 Å². The average Bonchev–Trinajstić information content (AvgIpc) is 3.08. The van der Waals surface area contributed by atoms with Crippen LogP contribution in [0.5, 0.6) is 0 Å². The molecule has 0 spiro atoms. The molecule has 0 saturated heterocycles. The normalized spacial score (nSPS) is 22.0. The van der Waals surface area contributed by atoms with Crippen LogP contribution in [0.25, 0.3) is 6.08 Å². The Morgan fingerprint density at radius 3 is 2.35 bits per heavy atom. The Bertz CT molecular complexity index is 1070. The van der Waals surface area contributed by atoms with E-state index in [1.807, 2.05) is 0 Å². The summed E-state index contributed by atoms with van der Waals surface area (Å²) in [6, 6.07) is 19.9. The standard InChI is InChI=1S/C31H34/c1-6-11-21(3)29-22(4)18-28-20-27(19-25-12-9-8-10-13-25)23(5)30(28)31(29)26-16-14-24(7-2)15-17-26/h8-10,12-19,30-31H,3,5-7,11,20H2,1-2,4H3/b27-19-. The number of benzene rings is 2. The number of hydrogen-bond donors (Lipinski definition) is 0. The van der Waals surface area contributed by atoms with Crippen LogP contribution in [0.3, 0.4) is 0 Å². The number of hydrogen-bond acceptors (Lipinski definition) is 0. The van der Waals surface area contributed by atoms with E-state index < -0.39 is 0 Å². The van der Waals surface area contributed by atoms with E-state index in [1.54, 1.807) is 0 Å². The number of allylic oxidation sites excluding steroid dienone is 7. The maximum Gasteiger partial charge on any atom is 0.0201 e. The fourth-order valence-electron chi connectivity index (χ4n) is 5.34. The van der Waals surface area contributed by atoms with E-state index in [0.29, 0.717) is 11.8 Å². The van der Waals surface area contributed by atoms with Crippen LogP contribution in [0.1, 0.15) is 62.6 Å². The third-order valence-electron chi connectivity index (χ3n) is 6.87. The molecule has 0 amide bonds. The summed E-state index contributed by atoms with van der Waals surface area (Å²) in [4.78, 5) is 0. The Balaban J connectivity index is 1.80. The van der Waals surface area contributed by atoms with Crippen molar-refractivity contribution >= 4 is 6.08 Å². The van der Waals surface area contributed by atoms with E-state index in [2.05, 4.69) is 101 Å². The van der Waals surface area contributed by atoms with Gasteiger partial charge in [-0.3, -0.25) is 0 Å². The van der Waals surface area contributed by atoms with Gasteiger partial charge >= 0.3 is 0 Å². The van der Waals surface area contributed by atoms with Crippen molar-refractivity contribution in [2.75, 3.05) is 0 Å². The minimum atomic E-state index is 0.305. The molecule has 0 aliphatic heterocycles. The summed E-state index contributed by atoms with van der Waals surface area (Å²) >= 11 is 0. The van der Waals surface area contributed by atoms with Gasteiger partial charge in [0.05, 0.1) is 0 Å². The summed E-state index contributed by atoms with van der Waals surface area (Å²) in [5, 5.41) is 0. The Morgan fingerprint density at radius 2 is 1.71 bits per heavy atom. The quantitative estimate of drug-likeness (QED) is 0.450. The molecule has 2 atom stereocenters. The molecule has 0 N–H and O–H groups in total. The first kappa shape index (κ1) is 21.4. The van der Waals surface area contributed by atoms with E-state index in [0.717, 1.165) is 25.7 Å². The molecule has 2 unspecified atom stereocenters. The minimum Gasteiger partial charge on any atom is -0.0955 e. The molecule has 0 heteroatoms. The zero-order chi connectivity index (χ0) is 22.0. The molecule has 0 bridgehead atoms. The molecule has 0 radical (unpaired) electrons. The molecule has 1 saturated carbocycles. The zero-order valence-electron chi connectivity index (χ0n) is 19.2. The third kappa shape index (κ3) is 4.17. The molecular weight excluding hydrogens is 372 g/mol. The predicted octanol–water partition coefficient (Wildman–Crippen LogP) is 8.61. The number of rotatable bonds is 6.